The fourth-order valence-electron chi connectivity index (χ4n) is 3.66. The van der Waals surface area contributed by atoms with Crippen LogP contribution in [0.2, 0.25) is 0 Å². The molecule has 0 aromatic carbocycles. The highest BCUT2D eigenvalue weighted by molar-refractivity contribution is 5.94. The molecular weight excluding hydrogens is 292 g/mol. The smallest absolute Gasteiger partial charge is 0.250 e. The van der Waals surface area contributed by atoms with E-state index in [0.29, 0.717) is 23.6 Å². The highest BCUT2D eigenvalue weighted by Crippen LogP contribution is 2.33. The van der Waals surface area contributed by atoms with Crippen LogP contribution >= 0.6 is 0 Å². The summed E-state index contributed by atoms with van der Waals surface area (Å²) in [4.78, 5) is 20.7. The maximum Gasteiger partial charge on any atom is 0.250 e. The molecule has 3 atom stereocenters. The molecule has 3 heterocycles. The predicted molar refractivity (Wildman–Crippen MR) is 85.1 cm³/mol. The number of rotatable bonds is 3. The molecule has 120 valence electrons. The van der Waals surface area contributed by atoms with E-state index in [1.54, 1.807) is 35.5 Å². The third-order valence-electron chi connectivity index (χ3n) is 4.79. The Hall–Kier alpha value is -2.28. The lowest BCUT2D eigenvalue weighted by Crippen LogP contribution is -2.39. The van der Waals surface area contributed by atoms with Crippen LogP contribution in [0.1, 0.15) is 32.1 Å². The molecular formula is C16H20N6O. The van der Waals surface area contributed by atoms with Crippen LogP contribution in [0.25, 0.3) is 5.95 Å². The van der Waals surface area contributed by atoms with Crippen molar-refractivity contribution in [1.29, 1.82) is 0 Å². The van der Waals surface area contributed by atoms with E-state index in [0.717, 1.165) is 6.42 Å². The third-order valence-corrected chi connectivity index (χ3v) is 4.79. The molecule has 0 spiro atoms. The van der Waals surface area contributed by atoms with Gasteiger partial charge in [0, 0.05) is 18.4 Å². The second-order valence-electron chi connectivity index (χ2n) is 6.32. The maximum atomic E-state index is 12.5. The number of fused-ring (bicyclic) bond motifs is 1. The molecule has 7 heteroatoms. The summed E-state index contributed by atoms with van der Waals surface area (Å²) in [5.74, 6) is 1.16. The van der Waals surface area contributed by atoms with Gasteiger partial charge in [0.1, 0.15) is 0 Å². The van der Waals surface area contributed by atoms with Gasteiger partial charge in [-0.1, -0.05) is 12.8 Å². The fourth-order valence-corrected chi connectivity index (χ4v) is 3.66. The number of aromatic nitrogens is 4. The minimum absolute atomic E-state index is 0.0212. The number of nitrogens with one attached hydrogen (secondary N) is 2. The summed E-state index contributed by atoms with van der Waals surface area (Å²) >= 11 is 0. The number of carbonyl (C=O) groups is 1. The van der Waals surface area contributed by atoms with Crippen LogP contribution in [0.4, 0.5) is 5.69 Å². The van der Waals surface area contributed by atoms with Gasteiger partial charge in [-0.15, -0.1) is 0 Å². The molecule has 2 fully saturated rings. The Morgan fingerprint density at radius 2 is 2.09 bits per heavy atom. The van der Waals surface area contributed by atoms with Crippen molar-refractivity contribution in [2.24, 2.45) is 5.92 Å². The summed E-state index contributed by atoms with van der Waals surface area (Å²) in [6.07, 6.45) is 12.6. The van der Waals surface area contributed by atoms with Crippen molar-refractivity contribution in [2.75, 3.05) is 5.32 Å². The zero-order valence-corrected chi connectivity index (χ0v) is 12.9. The van der Waals surface area contributed by atoms with Crippen molar-refractivity contribution in [3.8, 4) is 5.95 Å². The number of anilines is 1. The van der Waals surface area contributed by atoms with Crippen LogP contribution in [0.3, 0.4) is 0 Å². The second-order valence-corrected chi connectivity index (χ2v) is 6.32. The number of amides is 1. The molecule has 0 unspecified atom stereocenters. The monoisotopic (exact) mass is 312 g/mol. The summed E-state index contributed by atoms with van der Waals surface area (Å²) in [6, 6.07) is 2.17. The first-order valence-corrected chi connectivity index (χ1v) is 8.18. The van der Waals surface area contributed by atoms with Gasteiger partial charge >= 0.3 is 0 Å². The first-order valence-electron chi connectivity index (χ1n) is 8.18. The zero-order valence-electron chi connectivity index (χ0n) is 12.9. The lowest BCUT2D eigenvalue weighted by atomic mass is 9.85. The van der Waals surface area contributed by atoms with E-state index in [9.17, 15) is 4.79 Å². The molecule has 1 saturated heterocycles. The Labute approximate surface area is 134 Å². The Kier molecular flexibility index (Phi) is 3.78. The molecule has 2 aromatic heterocycles. The SMILES string of the molecule is O=C(Nc1cnn(-c2ncccn2)c1)[C@@H]1C[C@@H]2CCCC[C@H]2N1. The standard InChI is InChI=1S/C16H20N6O/c23-15(14-8-11-4-1-2-5-13(11)21-14)20-12-9-19-22(10-12)16-17-6-3-7-18-16/h3,6-7,9-11,13-14,21H,1-2,4-5,8H2,(H,20,23)/t11-,13+,14-/m0/s1. The van der Waals surface area contributed by atoms with E-state index in [-0.39, 0.29) is 11.9 Å². The average molecular weight is 312 g/mol. The van der Waals surface area contributed by atoms with Gasteiger partial charge in [0.2, 0.25) is 11.9 Å². The molecule has 7 nitrogen and oxygen atoms in total. The summed E-state index contributed by atoms with van der Waals surface area (Å²) in [6.45, 7) is 0. The molecule has 1 aliphatic carbocycles. The van der Waals surface area contributed by atoms with E-state index in [1.807, 2.05) is 0 Å². The van der Waals surface area contributed by atoms with Gasteiger partial charge in [-0.2, -0.15) is 5.10 Å². The van der Waals surface area contributed by atoms with Gasteiger partial charge in [-0.25, -0.2) is 14.6 Å². The molecule has 2 aromatic rings. The largest absolute Gasteiger partial charge is 0.322 e. The van der Waals surface area contributed by atoms with Gasteiger partial charge in [0.05, 0.1) is 24.1 Å². The van der Waals surface area contributed by atoms with Crippen molar-refractivity contribution in [3.05, 3.63) is 30.9 Å². The Balaban J connectivity index is 1.41. The van der Waals surface area contributed by atoms with Gasteiger partial charge < -0.3 is 10.6 Å². The minimum atomic E-state index is -0.0978. The van der Waals surface area contributed by atoms with Crippen LogP contribution in [-0.4, -0.2) is 37.7 Å². The Bertz CT molecular complexity index is 671. The summed E-state index contributed by atoms with van der Waals surface area (Å²) < 4.78 is 1.55. The highest BCUT2D eigenvalue weighted by atomic mass is 16.2. The third kappa shape index (κ3) is 2.96. The molecule has 1 aliphatic heterocycles. The number of hydrogen-bond acceptors (Lipinski definition) is 5. The van der Waals surface area contributed by atoms with E-state index < -0.39 is 0 Å². The molecule has 1 saturated carbocycles. The quantitative estimate of drug-likeness (QED) is 0.897. The van der Waals surface area contributed by atoms with Crippen molar-refractivity contribution in [2.45, 2.75) is 44.2 Å². The first kappa shape index (κ1) is 14.3. The van der Waals surface area contributed by atoms with Gasteiger partial charge in [0.25, 0.3) is 0 Å². The van der Waals surface area contributed by atoms with Crippen LogP contribution in [0.15, 0.2) is 30.9 Å². The molecule has 4 rings (SSSR count). The molecule has 2 N–H and O–H groups in total. The summed E-state index contributed by atoms with van der Waals surface area (Å²) in [7, 11) is 0. The van der Waals surface area contributed by atoms with E-state index >= 15 is 0 Å². The average Bonchev–Trinajstić information content (AvgIpc) is 3.22. The first-order chi connectivity index (χ1) is 11.3. The number of nitrogens with zero attached hydrogens (tertiary/aromatic N) is 4. The highest BCUT2D eigenvalue weighted by Gasteiger charge is 2.38. The van der Waals surface area contributed by atoms with E-state index in [4.69, 9.17) is 0 Å². The van der Waals surface area contributed by atoms with Gasteiger partial charge in [-0.05, 0) is 31.2 Å². The number of carbonyl (C=O) groups excluding carboxylic acids is 1. The van der Waals surface area contributed by atoms with Crippen LogP contribution in [0.5, 0.6) is 0 Å². The fraction of sp³-hybridized carbons (Fsp3) is 0.500. The van der Waals surface area contributed by atoms with Crippen LogP contribution in [-0.2, 0) is 4.79 Å². The summed E-state index contributed by atoms with van der Waals surface area (Å²) in [5, 5.41) is 10.6. The van der Waals surface area contributed by atoms with Crippen LogP contribution in [0, 0.1) is 5.92 Å². The Morgan fingerprint density at radius 1 is 1.26 bits per heavy atom. The number of hydrogen-bond donors (Lipinski definition) is 2. The van der Waals surface area contributed by atoms with Crippen molar-refractivity contribution >= 4 is 11.6 Å². The lowest BCUT2D eigenvalue weighted by Gasteiger charge is -2.24. The van der Waals surface area contributed by atoms with Crippen LogP contribution < -0.4 is 10.6 Å². The predicted octanol–water partition coefficient (Wildman–Crippen LogP) is 1.52. The topological polar surface area (TPSA) is 84.7 Å². The lowest BCUT2D eigenvalue weighted by molar-refractivity contribution is -0.117. The second kappa shape index (κ2) is 6.08. The molecule has 1 amide bonds. The minimum Gasteiger partial charge on any atom is -0.322 e. The maximum absolute atomic E-state index is 12.5. The Morgan fingerprint density at radius 3 is 2.91 bits per heavy atom. The van der Waals surface area contributed by atoms with Crippen molar-refractivity contribution < 1.29 is 4.79 Å². The molecule has 0 radical (unpaired) electrons. The molecule has 0 bridgehead atoms. The summed E-state index contributed by atoms with van der Waals surface area (Å²) in [5.41, 5.74) is 0.666. The van der Waals surface area contributed by atoms with Gasteiger partial charge in [-0.3, -0.25) is 4.79 Å². The van der Waals surface area contributed by atoms with E-state index in [2.05, 4.69) is 25.7 Å². The molecule has 23 heavy (non-hydrogen) atoms. The molecule has 2 aliphatic rings. The normalized spacial score (nSPS) is 26.7. The zero-order chi connectivity index (χ0) is 15.6. The van der Waals surface area contributed by atoms with Crippen molar-refractivity contribution in [3.63, 3.8) is 0 Å². The van der Waals surface area contributed by atoms with Crippen molar-refractivity contribution in [1.82, 2.24) is 25.1 Å². The van der Waals surface area contributed by atoms with E-state index in [1.165, 1.54) is 25.7 Å². The van der Waals surface area contributed by atoms with Gasteiger partial charge in [0.15, 0.2) is 0 Å².